The Bertz CT molecular complexity index is 1370. The minimum absolute atomic E-state index is 0.132. The van der Waals surface area contributed by atoms with Crippen molar-refractivity contribution in [2.45, 2.75) is 33.1 Å². The number of rotatable bonds is 7. The number of benzene rings is 3. The van der Waals surface area contributed by atoms with Gasteiger partial charge in [-0.15, -0.1) is 0 Å². The van der Waals surface area contributed by atoms with Gasteiger partial charge in [0, 0.05) is 17.4 Å². The Balaban J connectivity index is 2.01. The third kappa shape index (κ3) is 4.16. The second kappa shape index (κ2) is 8.98. The smallest absolute Gasteiger partial charge is 0.338 e. The molecule has 4 rings (SSSR count). The highest BCUT2D eigenvalue weighted by atomic mass is 19.1. The van der Waals surface area contributed by atoms with E-state index in [0.717, 1.165) is 18.1 Å². The minimum atomic E-state index is -1.35. The maximum atomic E-state index is 14.0. The molecule has 0 radical (unpaired) electrons. The van der Waals surface area contributed by atoms with Crippen molar-refractivity contribution in [3.63, 3.8) is 0 Å². The Morgan fingerprint density at radius 1 is 0.939 bits per heavy atom. The number of furan rings is 1. The van der Waals surface area contributed by atoms with Gasteiger partial charge in [0.05, 0.1) is 11.1 Å². The van der Waals surface area contributed by atoms with Crippen LogP contribution in [0.15, 0.2) is 59.0 Å². The van der Waals surface area contributed by atoms with Crippen molar-refractivity contribution in [3.05, 3.63) is 82.9 Å². The number of aromatic carboxylic acids is 1. The quantitative estimate of drug-likeness (QED) is 0.302. The molecule has 4 nitrogen and oxygen atoms in total. The van der Waals surface area contributed by atoms with E-state index in [4.69, 9.17) is 4.42 Å². The molecule has 168 valence electrons. The molecule has 1 aromatic heterocycles. The topological polar surface area (TPSA) is 67.5 Å². The van der Waals surface area contributed by atoms with Crippen LogP contribution in [-0.4, -0.2) is 16.9 Å². The van der Waals surface area contributed by atoms with Crippen LogP contribution in [-0.2, 0) is 6.42 Å². The molecule has 0 saturated carbocycles. The van der Waals surface area contributed by atoms with Crippen LogP contribution in [0.5, 0.6) is 0 Å². The van der Waals surface area contributed by atoms with Gasteiger partial charge >= 0.3 is 5.97 Å². The van der Waals surface area contributed by atoms with Crippen molar-refractivity contribution in [2.24, 2.45) is 0 Å². The van der Waals surface area contributed by atoms with E-state index in [2.05, 4.69) is 0 Å². The summed E-state index contributed by atoms with van der Waals surface area (Å²) in [6.45, 7) is 3.76. The van der Waals surface area contributed by atoms with E-state index in [1.165, 1.54) is 24.3 Å². The summed E-state index contributed by atoms with van der Waals surface area (Å²) >= 11 is 0. The number of hydrogen-bond acceptors (Lipinski definition) is 3. The van der Waals surface area contributed by atoms with E-state index < -0.39 is 23.2 Å². The zero-order valence-corrected chi connectivity index (χ0v) is 18.2. The van der Waals surface area contributed by atoms with Crippen LogP contribution in [0.3, 0.4) is 0 Å². The zero-order chi connectivity index (χ0) is 23.7. The van der Waals surface area contributed by atoms with Gasteiger partial charge in [-0.1, -0.05) is 26.3 Å². The molecule has 1 N–H and O–H groups in total. The third-order valence-electron chi connectivity index (χ3n) is 5.65. The molecule has 0 bridgehead atoms. The fourth-order valence-electron chi connectivity index (χ4n) is 4.04. The molecule has 1 heterocycles. The summed E-state index contributed by atoms with van der Waals surface area (Å²) in [6.07, 6.45) is 1.74. The summed E-state index contributed by atoms with van der Waals surface area (Å²) in [5.41, 5.74) is 3.21. The van der Waals surface area contributed by atoms with Gasteiger partial charge in [0.15, 0.2) is 5.78 Å². The Labute approximate surface area is 189 Å². The molecule has 0 saturated heterocycles. The summed E-state index contributed by atoms with van der Waals surface area (Å²) < 4.78 is 33.6. The lowest BCUT2D eigenvalue weighted by Gasteiger charge is -2.11. The molecule has 6 heteroatoms. The van der Waals surface area contributed by atoms with Gasteiger partial charge in [-0.3, -0.25) is 4.79 Å². The van der Waals surface area contributed by atoms with Crippen molar-refractivity contribution in [1.82, 2.24) is 0 Å². The largest absolute Gasteiger partial charge is 0.478 e. The van der Waals surface area contributed by atoms with Crippen LogP contribution >= 0.6 is 0 Å². The van der Waals surface area contributed by atoms with Gasteiger partial charge in [0.2, 0.25) is 0 Å². The van der Waals surface area contributed by atoms with Crippen LogP contribution < -0.4 is 0 Å². The molecule has 33 heavy (non-hydrogen) atoms. The Kier molecular flexibility index (Phi) is 6.09. The van der Waals surface area contributed by atoms with Crippen molar-refractivity contribution >= 4 is 22.7 Å². The fourth-order valence-corrected chi connectivity index (χ4v) is 4.04. The number of carbonyl (C=O) groups is 2. The van der Waals surface area contributed by atoms with Gasteiger partial charge in [-0.05, 0) is 71.6 Å². The number of fused-ring (bicyclic) bond motifs is 1. The summed E-state index contributed by atoms with van der Waals surface area (Å²) in [5, 5.41) is 9.93. The van der Waals surface area contributed by atoms with Crippen molar-refractivity contribution in [2.75, 3.05) is 0 Å². The van der Waals surface area contributed by atoms with Crippen molar-refractivity contribution in [1.29, 1.82) is 0 Å². The van der Waals surface area contributed by atoms with Crippen LogP contribution in [0, 0.1) is 11.6 Å². The first-order valence-corrected chi connectivity index (χ1v) is 10.8. The highest BCUT2D eigenvalue weighted by Crippen LogP contribution is 2.39. The molecular weight excluding hydrogens is 426 g/mol. The number of Topliss-reactive ketones (excluding diaryl/α,β-unsaturated/α-hetero) is 1. The monoisotopic (exact) mass is 448 g/mol. The highest BCUT2D eigenvalue weighted by molar-refractivity contribution is 6.13. The van der Waals surface area contributed by atoms with Gasteiger partial charge < -0.3 is 9.52 Å². The normalized spacial score (nSPS) is 11.2. The lowest BCUT2D eigenvalue weighted by atomic mass is 9.92. The van der Waals surface area contributed by atoms with E-state index in [-0.39, 0.29) is 12.2 Å². The average Bonchev–Trinajstić information content (AvgIpc) is 3.17. The number of hydrogen-bond donors (Lipinski definition) is 1. The predicted octanol–water partition coefficient (Wildman–Crippen LogP) is 7.29. The molecule has 0 amide bonds. The van der Waals surface area contributed by atoms with Crippen LogP contribution in [0.1, 0.15) is 53.0 Å². The number of carboxylic acids is 1. The van der Waals surface area contributed by atoms with Crippen LogP contribution in [0.25, 0.3) is 33.4 Å². The lowest BCUT2D eigenvalue weighted by Crippen LogP contribution is -2.01. The molecule has 0 fully saturated rings. The zero-order valence-electron chi connectivity index (χ0n) is 18.2. The highest BCUT2D eigenvalue weighted by Gasteiger charge is 2.23. The summed E-state index contributed by atoms with van der Waals surface area (Å²) in [7, 11) is 0. The lowest BCUT2D eigenvalue weighted by molar-refractivity contribution is 0.0691. The van der Waals surface area contributed by atoms with Crippen LogP contribution in [0.4, 0.5) is 8.78 Å². The number of halogens is 2. The first kappa shape index (κ1) is 22.4. The van der Waals surface area contributed by atoms with E-state index in [0.29, 0.717) is 45.4 Å². The first-order chi connectivity index (χ1) is 15.8. The fraction of sp³-hybridized carbons (Fsp3) is 0.185. The molecule has 0 atom stereocenters. The van der Waals surface area contributed by atoms with Crippen LogP contribution in [0.2, 0.25) is 0 Å². The molecule has 4 aromatic rings. The average molecular weight is 448 g/mol. The maximum absolute atomic E-state index is 14.0. The summed E-state index contributed by atoms with van der Waals surface area (Å²) in [4.78, 5) is 24.4. The standard InChI is InChI=1S/C27H22F2O4/c1-3-5-16-13-24-21(14-19(16)17-8-11-22(29)20(12-17)27(31)32)25(23(30)4-2)26(33-24)15-6-9-18(28)10-7-15/h6-14H,3-5H2,1-2H3,(H,31,32). The van der Waals surface area contributed by atoms with Gasteiger partial charge in [-0.2, -0.15) is 0 Å². The van der Waals surface area contributed by atoms with Crippen molar-refractivity contribution in [3.8, 4) is 22.5 Å². The van der Waals surface area contributed by atoms with E-state index in [1.807, 2.05) is 13.0 Å². The Morgan fingerprint density at radius 2 is 1.64 bits per heavy atom. The Morgan fingerprint density at radius 3 is 2.27 bits per heavy atom. The molecule has 3 aromatic carbocycles. The molecule has 0 aliphatic heterocycles. The number of ketones is 1. The van der Waals surface area contributed by atoms with Crippen molar-refractivity contribution < 1.29 is 27.9 Å². The first-order valence-electron chi connectivity index (χ1n) is 10.8. The SMILES string of the molecule is CCCc1cc2oc(-c3ccc(F)cc3)c(C(=O)CC)c2cc1-c1ccc(F)c(C(=O)O)c1. The molecule has 0 aliphatic carbocycles. The summed E-state index contributed by atoms with van der Waals surface area (Å²) in [6, 6.07) is 13.4. The molecular formula is C27H22F2O4. The molecule has 0 unspecified atom stereocenters. The maximum Gasteiger partial charge on any atom is 0.338 e. The third-order valence-corrected chi connectivity index (χ3v) is 5.65. The number of carbonyl (C=O) groups excluding carboxylic acids is 1. The number of carboxylic acid groups (broad SMARTS) is 1. The summed E-state index contributed by atoms with van der Waals surface area (Å²) in [5.74, 6) is -2.32. The number of aryl methyl sites for hydroxylation is 1. The predicted molar refractivity (Wildman–Crippen MR) is 123 cm³/mol. The minimum Gasteiger partial charge on any atom is -0.478 e. The molecule has 0 aliphatic rings. The molecule has 0 spiro atoms. The van der Waals surface area contributed by atoms with E-state index in [9.17, 15) is 23.5 Å². The van der Waals surface area contributed by atoms with Gasteiger partial charge in [0.1, 0.15) is 23.0 Å². The van der Waals surface area contributed by atoms with E-state index in [1.54, 1.807) is 25.1 Å². The van der Waals surface area contributed by atoms with E-state index >= 15 is 0 Å². The van der Waals surface area contributed by atoms with Gasteiger partial charge in [-0.25, -0.2) is 13.6 Å². The second-order valence-corrected chi connectivity index (χ2v) is 7.85. The second-order valence-electron chi connectivity index (χ2n) is 7.85. The Hall–Kier alpha value is -3.80. The van der Waals surface area contributed by atoms with Gasteiger partial charge in [0.25, 0.3) is 0 Å².